The zero-order valence-electron chi connectivity index (χ0n) is 9.29. The first-order chi connectivity index (χ1) is 6.55. The molecule has 0 radical (unpaired) electrons. The molecule has 84 valence electrons. The Morgan fingerprint density at radius 3 is 2.50 bits per heavy atom. The molecule has 3 N–H and O–H groups in total. The Morgan fingerprint density at radius 2 is 1.93 bits per heavy atom. The largest absolute Gasteiger partial charge is 0.396 e. The molecule has 1 rings (SSSR count). The van der Waals surface area contributed by atoms with Crippen molar-refractivity contribution in [3.05, 3.63) is 0 Å². The molecule has 0 aromatic carbocycles. The fourth-order valence-corrected chi connectivity index (χ4v) is 2.13. The van der Waals surface area contributed by atoms with Gasteiger partial charge in [-0.1, -0.05) is 12.8 Å². The standard InChI is InChI=1S/C11H23NO2/c1-11(2,7-8-13)12-9-5-3-4-6-10(9)14/h9-10,12-14H,3-8H2,1-2H3/t9-,10-/m0/s1. The molecule has 0 aliphatic heterocycles. The van der Waals surface area contributed by atoms with Crippen LogP contribution in [0.15, 0.2) is 0 Å². The van der Waals surface area contributed by atoms with Gasteiger partial charge in [0, 0.05) is 18.2 Å². The van der Waals surface area contributed by atoms with E-state index in [4.69, 9.17) is 5.11 Å². The van der Waals surface area contributed by atoms with E-state index in [0.717, 1.165) is 25.7 Å². The van der Waals surface area contributed by atoms with Crippen LogP contribution >= 0.6 is 0 Å². The maximum absolute atomic E-state index is 9.78. The third-order valence-electron chi connectivity index (χ3n) is 3.04. The normalized spacial score (nSPS) is 29.1. The van der Waals surface area contributed by atoms with Crippen LogP contribution in [0.4, 0.5) is 0 Å². The molecule has 0 saturated heterocycles. The van der Waals surface area contributed by atoms with E-state index in [1.165, 1.54) is 6.42 Å². The van der Waals surface area contributed by atoms with E-state index in [2.05, 4.69) is 19.2 Å². The lowest BCUT2D eigenvalue weighted by Crippen LogP contribution is -2.52. The Bertz CT molecular complexity index is 171. The quantitative estimate of drug-likeness (QED) is 0.637. The highest BCUT2D eigenvalue weighted by molar-refractivity contribution is 4.87. The molecule has 0 unspecified atom stereocenters. The van der Waals surface area contributed by atoms with Crippen molar-refractivity contribution in [1.82, 2.24) is 5.32 Å². The Hall–Kier alpha value is -0.120. The number of aliphatic hydroxyl groups is 2. The molecule has 1 fully saturated rings. The number of hydrogen-bond acceptors (Lipinski definition) is 3. The predicted octanol–water partition coefficient (Wildman–Crippen LogP) is 1.04. The first kappa shape index (κ1) is 12.0. The minimum atomic E-state index is -0.207. The molecule has 0 aromatic rings. The third kappa shape index (κ3) is 3.56. The molecule has 0 spiro atoms. The van der Waals surface area contributed by atoms with Gasteiger partial charge in [-0.2, -0.15) is 0 Å². The van der Waals surface area contributed by atoms with E-state index < -0.39 is 0 Å². The van der Waals surface area contributed by atoms with E-state index in [0.29, 0.717) is 0 Å². The molecule has 0 heterocycles. The molecular formula is C11H23NO2. The summed E-state index contributed by atoms with van der Waals surface area (Å²) in [6, 6.07) is 0.213. The summed E-state index contributed by atoms with van der Waals surface area (Å²) in [5, 5.41) is 22.1. The fourth-order valence-electron chi connectivity index (χ4n) is 2.13. The summed E-state index contributed by atoms with van der Waals surface area (Å²) in [7, 11) is 0. The van der Waals surface area contributed by atoms with Crippen LogP contribution < -0.4 is 5.32 Å². The van der Waals surface area contributed by atoms with Crippen molar-refractivity contribution in [2.24, 2.45) is 0 Å². The smallest absolute Gasteiger partial charge is 0.0693 e. The lowest BCUT2D eigenvalue weighted by molar-refractivity contribution is 0.0713. The van der Waals surface area contributed by atoms with Gasteiger partial charge in [-0.15, -0.1) is 0 Å². The van der Waals surface area contributed by atoms with Gasteiger partial charge in [0.2, 0.25) is 0 Å². The molecule has 14 heavy (non-hydrogen) atoms. The van der Waals surface area contributed by atoms with Crippen LogP contribution in [-0.2, 0) is 0 Å². The van der Waals surface area contributed by atoms with Crippen molar-refractivity contribution in [3.8, 4) is 0 Å². The molecule has 0 bridgehead atoms. The maximum Gasteiger partial charge on any atom is 0.0693 e. The van der Waals surface area contributed by atoms with E-state index in [-0.39, 0.29) is 24.3 Å². The highest BCUT2D eigenvalue weighted by Gasteiger charge is 2.28. The Kier molecular flexibility index (Phi) is 4.35. The number of rotatable bonds is 4. The van der Waals surface area contributed by atoms with Crippen molar-refractivity contribution >= 4 is 0 Å². The van der Waals surface area contributed by atoms with Crippen LogP contribution in [-0.4, -0.2) is 34.5 Å². The average molecular weight is 201 g/mol. The van der Waals surface area contributed by atoms with E-state index in [9.17, 15) is 5.11 Å². The van der Waals surface area contributed by atoms with Crippen LogP contribution in [0.3, 0.4) is 0 Å². The summed E-state index contributed by atoms with van der Waals surface area (Å²) >= 11 is 0. The van der Waals surface area contributed by atoms with E-state index >= 15 is 0 Å². The molecule has 3 heteroatoms. The van der Waals surface area contributed by atoms with Gasteiger partial charge >= 0.3 is 0 Å². The summed E-state index contributed by atoms with van der Waals surface area (Å²) in [6.07, 6.45) is 4.82. The fraction of sp³-hybridized carbons (Fsp3) is 1.00. The second-order valence-electron chi connectivity index (χ2n) is 4.96. The van der Waals surface area contributed by atoms with Crippen LogP contribution in [0.25, 0.3) is 0 Å². The van der Waals surface area contributed by atoms with Crippen molar-refractivity contribution < 1.29 is 10.2 Å². The van der Waals surface area contributed by atoms with Crippen LogP contribution in [0.2, 0.25) is 0 Å². The molecule has 1 aliphatic rings. The number of nitrogens with one attached hydrogen (secondary N) is 1. The minimum Gasteiger partial charge on any atom is -0.396 e. The Morgan fingerprint density at radius 1 is 1.29 bits per heavy atom. The first-order valence-electron chi connectivity index (χ1n) is 5.62. The van der Waals surface area contributed by atoms with E-state index in [1.807, 2.05) is 0 Å². The maximum atomic E-state index is 9.78. The molecule has 0 amide bonds. The van der Waals surface area contributed by atoms with Crippen molar-refractivity contribution in [1.29, 1.82) is 0 Å². The summed E-state index contributed by atoms with van der Waals surface area (Å²) in [5.74, 6) is 0. The Labute approximate surface area is 86.5 Å². The van der Waals surface area contributed by atoms with E-state index in [1.54, 1.807) is 0 Å². The van der Waals surface area contributed by atoms with Crippen molar-refractivity contribution in [3.63, 3.8) is 0 Å². The topological polar surface area (TPSA) is 52.5 Å². The van der Waals surface area contributed by atoms with Gasteiger partial charge in [0.15, 0.2) is 0 Å². The third-order valence-corrected chi connectivity index (χ3v) is 3.04. The molecule has 1 saturated carbocycles. The monoisotopic (exact) mass is 201 g/mol. The highest BCUT2D eigenvalue weighted by Crippen LogP contribution is 2.21. The van der Waals surface area contributed by atoms with Crippen LogP contribution in [0, 0.1) is 0 Å². The van der Waals surface area contributed by atoms with Crippen LogP contribution in [0.1, 0.15) is 46.0 Å². The second-order valence-corrected chi connectivity index (χ2v) is 4.96. The number of aliphatic hydroxyl groups excluding tert-OH is 2. The van der Waals surface area contributed by atoms with Gasteiger partial charge in [-0.05, 0) is 33.1 Å². The lowest BCUT2D eigenvalue weighted by atomic mass is 9.89. The SMILES string of the molecule is CC(C)(CCO)N[C@H]1CCCC[C@@H]1O. The zero-order chi connectivity index (χ0) is 10.6. The van der Waals surface area contributed by atoms with Gasteiger partial charge in [0.25, 0.3) is 0 Å². The molecular weight excluding hydrogens is 178 g/mol. The molecule has 2 atom stereocenters. The van der Waals surface area contributed by atoms with Crippen LogP contribution in [0.5, 0.6) is 0 Å². The lowest BCUT2D eigenvalue weighted by Gasteiger charge is -2.36. The average Bonchev–Trinajstić information content (AvgIpc) is 2.08. The summed E-state index contributed by atoms with van der Waals surface area (Å²) in [6.45, 7) is 4.35. The van der Waals surface area contributed by atoms with Gasteiger partial charge < -0.3 is 15.5 Å². The first-order valence-corrected chi connectivity index (χ1v) is 5.62. The predicted molar refractivity (Wildman–Crippen MR) is 57.2 cm³/mol. The highest BCUT2D eigenvalue weighted by atomic mass is 16.3. The summed E-state index contributed by atoms with van der Waals surface area (Å²) < 4.78 is 0. The molecule has 1 aliphatic carbocycles. The van der Waals surface area contributed by atoms with Gasteiger partial charge in [-0.25, -0.2) is 0 Å². The van der Waals surface area contributed by atoms with Crippen molar-refractivity contribution in [2.45, 2.75) is 63.6 Å². The van der Waals surface area contributed by atoms with Crippen molar-refractivity contribution in [2.75, 3.05) is 6.61 Å². The van der Waals surface area contributed by atoms with Gasteiger partial charge in [0.05, 0.1) is 6.10 Å². The second kappa shape index (κ2) is 5.10. The molecule has 3 nitrogen and oxygen atoms in total. The Balaban J connectivity index is 2.40. The van der Waals surface area contributed by atoms with Gasteiger partial charge in [0.1, 0.15) is 0 Å². The minimum absolute atomic E-state index is 0.0717. The summed E-state index contributed by atoms with van der Waals surface area (Å²) in [4.78, 5) is 0. The summed E-state index contributed by atoms with van der Waals surface area (Å²) in [5.41, 5.74) is -0.0717. The number of hydrogen-bond donors (Lipinski definition) is 3. The van der Waals surface area contributed by atoms with Gasteiger partial charge in [-0.3, -0.25) is 0 Å². The zero-order valence-corrected chi connectivity index (χ0v) is 9.29. The molecule has 0 aromatic heterocycles.